The van der Waals surface area contributed by atoms with Crippen LogP contribution in [0.5, 0.6) is 5.75 Å². The number of rotatable bonds is 10. The first-order chi connectivity index (χ1) is 9.59. The van der Waals surface area contributed by atoms with Gasteiger partial charge in [0.05, 0.1) is 13.2 Å². The van der Waals surface area contributed by atoms with Crippen LogP contribution in [0.15, 0.2) is 24.3 Å². The van der Waals surface area contributed by atoms with E-state index < -0.39 is 0 Å². The Morgan fingerprint density at radius 2 is 1.95 bits per heavy atom. The van der Waals surface area contributed by atoms with E-state index in [1.165, 1.54) is 12.1 Å². The van der Waals surface area contributed by atoms with Gasteiger partial charge in [-0.05, 0) is 63.4 Å². The van der Waals surface area contributed by atoms with Crippen molar-refractivity contribution in [3.8, 4) is 5.75 Å². The topological polar surface area (TPSA) is 41.5 Å². The lowest BCUT2D eigenvalue weighted by Gasteiger charge is -2.28. The number of aliphatic hydroxyl groups is 1. The van der Waals surface area contributed by atoms with Gasteiger partial charge in [0.2, 0.25) is 0 Å². The van der Waals surface area contributed by atoms with Crippen molar-refractivity contribution >= 4 is 0 Å². The van der Waals surface area contributed by atoms with Crippen LogP contribution >= 0.6 is 0 Å². The van der Waals surface area contributed by atoms with Crippen LogP contribution in [0, 0.1) is 5.82 Å². The normalized spacial score (nSPS) is 14.0. The van der Waals surface area contributed by atoms with Crippen LogP contribution in [-0.4, -0.2) is 30.4 Å². The van der Waals surface area contributed by atoms with E-state index in [9.17, 15) is 9.50 Å². The van der Waals surface area contributed by atoms with E-state index in [0.717, 1.165) is 32.2 Å². The zero-order valence-corrected chi connectivity index (χ0v) is 12.5. The maximum atomic E-state index is 12.7. The summed E-state index contributed by atoms with van der Waals surface area (Å²) in [5.74, 6) is 0.443. The van der Waals surface area contributed by atoms with Crippen molar-refractivity contribution in [2.75, 3.05) is 19.8 Å². The fraction of sp³-hybridized carbons (Fsp3) is 0.625. The van der Waals surface area contributed by atoms with Crippen molar-refractivity contribution in [3.05, 3.63) is 30.1 Å². The Morgan fingerprint density at radius 3 is 2.55 bits per heavy atom. The molecule has 0 aliphatic rings. The maximum absolute atomic E-state index is 12.7. The third kappa shape index (κ3) is 6.35. The third-order valence-electron chi connectivity index (χ3n) is 3.36. The minimum absolute atomic E-state index is 0.145. The zero-order valence-electron chi connectivity index (χ0n) is 12.5. The summed E-state index contributed by atoms with van der Waals surface area (Å²) in [4.78, 5) is 0. The number of nitrogens with one attached hydrogen (secondary N) is 1. The molecule has 1 atom stereocenters. The molecule has 0 saturated heterocycles. The molecule has 0 saturated carbocycles. The molecule has 4 heteroatoms. The van der Waals surface area contributed by atoms with Gasteiger partial charge in [0, 0.05) is 5.54 Å². The van der Waals surface area contributed by atoms with Crippen LogP contribution in [-0.2, 0) is 0 Å². The standard InChI is InChI=1S/C16H26FNO2/c1-3-11-18-16(2,13-19)10-4-5-12-20-15-8-6-14(17)7-9-15/h6-9,18-19H,3-5,10-13H2,1-2H3. The van der Waals surface area contributed by atoms with Gasteiger partial charge in [-0.1, -0.05) is 6.92 Å². The molecule has 1 aromatic carbocycles. The summed E-state index contributed by atoms with van der Waals surface area (Å²) in [5, 5.41) is 12.8. The Hall–Kier alpha value is -1.13. The van der Waals surface area contributed by atoms with E-state index in [0.29, 0.717) is 12.4 Å². The highest BCUT2D eigenvalue weighted by molar-refractivity contribution is 5.21. The Kier molecular flexibility index (Phi) is 7.55. The molecule has 0 aliphatic carbocycles. The van der Waals surface area contributed by atoms with E-state index in [1.807, 2.05) is 6.92 Å². The van der Waals surface area contributed by atoms with Gasteiger partial charge in [0.1, 0.15) is 11.6 Å². The summed E-state index contributed by atoms with van der Waals surface area (Å²) in [5.41, 5.74) is -0.202. The number of halogens is 1. The molecule has 0 heterocycles. The van der Waals surface area contributed by atoms with E-state index in [1.54, 1.807) is 12.1 Å². The van der Waals surface area contributed by atoms with Crippen LogP contribution in [0.4, 0.5) is 4.39 Å². The average molecular weight is 283 g/mol. The Labute approximate surface area is 121 Å². The lowest BCUT2D eigenvalue weighted by atomic mass is 9.95. The smallest absolute Gasteiger partial charge is 0.123 e. The van der Waals surface area contributed by atoms with Crippen LogP contribution in [0.25, 0.3) is 0 Å². The SMILES string of the molecule is CCCNC(C)(CO)CCCCOc1ccc(F)cc1. The van der Waals surface area contributed by atoms with Gasteiger partial charge in [-0.2, -0.15) is 0 Å². The molecule has 0 aliphatic heterocycles. The molecule has 0 fully saturated rings. The fourth-order valence-electron chi connectivity index (χ4n) is 1.99. The van der Waals surface area contributed by atoms with Crippen molar-refractivity contribution in [1.82, 2.24) is 5.32 Å². The van der Waals surface area contributed by atoms with Gasteiger partial charge in [-0.25, -0.2) is 4.39 Å². The second-order valence-corrected chi connectivity index (χ2v) is 5.41. The predicted molar refractivity (Wildman–Crippen MR) is 79.5 cm³/mol. The Balaban J connectivity index is 2.18. The molecule has 0 amide bonds. The number of ether oxygens (including phenoxy) is 1. The quantitative estimate of drug-likeness (QED) is 0.648. The zero-order chi connectivity index (χ0) is 14.8. The summed E-state index contributed by atoms with van der Waals surface area (Å²) in [6.07, 6.45) is 3.87. The minimum atomic E-state index is -0.252. The summed E-state index contributed by atoms with van der Waals surface area (Å²) < 4.78 is 18.3. The molecule has 1 aromatic rings. The van der Waals surface area contributed by atoms with Crippen LogP contribution in [0.1, 0.15) is 39.5 Å². The third-order valence-corrected chi connectivity index (χ3v) is 3.36. The van der Waals surface area contributed by atoms with E-state index in [4.69, 9.17) is 4.74 Å². The van der Waals surface area contributed by atoms with Crippen LogP contribution < -0.4 is 10.1 Å². The Morgan fingerprint density at radius 1 is 1.25 bits per heavy atom. The molecule has 0 spiro atoms. The molecule has 1 rings (SSSR count). The lowest BCUT2D eigenvalue weighted by molar-refractivity contribution is 0.160. The number of hydrogen-bond donors (Lipinski definition) is 2. The van der Waals surface area contributed by atoms with Crippen molar-refractivity contribution in [2.24, 2.45) is 0 Å². The molecule has 3 nitrogen and oxygen atoms in total. The molecule has 114 valence electrons. The largest absolute Gasteiger partial charge is 0.494 e. The van der Waals surface area contributed by atoms with Gasteiger partial charge in [-0.15, -0.1) is 0 Å². The summed E-state index contributed by atoms with van der Waals surface area (Å²) in [6, 6.07) is 6.06. The first-order valence-electron chi connectivity index (χ1n) is 7.34. The van der Waals surface area contributed by atoms with Crippen molar-refractivity contribution in [2.45, 2.75) is 45.1 Å². The molecule has 0 radical (unpaired) electrons. The molecule has 0 bridgehead atoms. The minimum Gasteiger partial charge on any atom is -0.494 e. The van der Waals surface area contributed by atoms with Gasteiger partial charge in [0.25, 0.3) is 0 Å². The molecule has 1 unspecified atom stereocenters. The highest BCUT2D eigenvalue weighted by Gasteiger charge is 2.21. The maximum Gasteiger partial charge on any atom is 0.123 e. The highest BCUT2D eigenvalue weighted by atomic mass is 19.1. The second-order valence-electron chi connectivity index (χ2n) is 5.41. The predicted octanol–water partition coefficient (Wildman–Crippen LogP) is 3.13. The van der Waals surface area contributed by atoms with Gasteiger partial charge in [-0.3, -0.25) is 0 Å². The highest BCUT2D eigenvalue weighted by Crippen LogP contribution is 2.15. The fourth-order valence-corrected chi connectivity index (χ4v) is 1.99. The molecular formula is C16H26FNO2. The number of hydrogen-bond acceptors (Lipinski definition) is 3. The molecular weight excluding hydrogens is 257 g/mol. The van der Waals surface area contributed by atoms with Crippen molar-refractivity contribution < 1.29 is 14.2 Å². The van der Waals surface area contributed by atoms with E-state index in [-0.39, 0.29) is 18.0 Å². The van der Waals surface area contributed by atoms with Crippen molar-refractivity contribution in [3.63, 3.8) is 0 Å². The molecule has 2 N–H and O–H groups in total. The molecule has 20 heavy (non-hydrogen) atoms. The van der Waals surface area contributed by atoms with Crippen LogP contribution in [0.2, 0.25) is 0 Å². The van der Waals surface area contributed by atoms with Gasteiger partial charge in [0.15, 0.2) is 0 Å². The van der Waals surface area contributed by atoms with Gasteiger partial charge >= 0.3 is 0 Å². The van der Waals surface area contributed by atoms with Crippen molar-refractivity contribution in [1.29, 1.82) is 0 Å². The Bertz CT molecular complexity index is 369. The second kappa shape index (κ2) is 8.93. The number of unbranched alkanes of at least 4 members (excludes halogenated alkanes) is 1. The summed E-state index contributed by atoms with van der Waals surface area (Å²) >= 11 is 0. The van der Waals surface area contributed by atoms with E-state index in [2.05, 4.69) is 12.2 Å². The lowest BCUT2D eigenvalue weighted by Crippen LogP contribution is -2.46. The van der Waals surface area contributed by atoms with Gasteiger partial charge < -0.3 is 15.2 Å². The number of aliphatic hydroxyl groups excluding tert-OH is 1. The molecule has 0 aromatic heterocycles. The van der Waals surface area contributed by atoms with E-state index >= 15 is 0 Å². The summed E-state index contributed by atoms with van der Waals surface area (Å²) in [6.45, 7) is 5.83. The van der Waals surface area contributed by atoms with Crippen LogP contribution in [0.3, 0.4) is 0 Å². The average Bonchev–Trinajstić information content (AvgIpc) is 2.47. The summed E-state index contributed by atoms with van der Waals surface area (Å²) in [7, 11) is 0. The first kappa shape index (κ1) is 16.9. The first-order valence-corrected chi connectivity index (χ1v) is 7.34. The monoisotopic (exact) mass is 283 g/mol. The number of benzene rings is 1.